The number of aliphatic hydroxyl groups is 1. The second kappa shape index (κ2) is 5.11. The first kappa shape index (κ1) is 14.7. The molecule has 0 aromatic heterocycles. The van der Waals surface area contributed by atoms with Crippen LogP contribution in [-0.4, -0.2) is 54.0 Å². The number of amides is 1. The van der Waals surface area contributed by atoms with Gasteiger partial charge in [0.2, 0.25) is 5.91 Å². The Balaban J connectivity index is 2.88. The number of nitrogens with one attached hydrogen (secondary N) is 2. The van der Waals surface area contributed by atoms with Crippen molar-refractivity contribution in [2.24, 2.45) is 5.41 Å². The van der Waals surface area contributed by atoms with Gasteiger partial charge in [0, 0.05) is 6.54 Å². The molecule has 1 heterocycles. The minimum absolute atomic E-state index is 0.0177. The van der Waals surface area contributed by atoms with Crippen molar-refractivity contribution in [2.45, 2.75) is 18.6 Å². The van der Waals surface area contributed by atoms with Crippen LogP contribution in [0.15, 0.2) is 0 Å². The van der Waals surface area contributed by atoms with Crippen molar-refractivity contribution in [1.82, 2.24) is 10.6 Å². The molecule has 1 fully saturated rings. The lowest BCUT2D eigenvalue weighted by Gasteiger charge is -2.30. The van der Waals surface area contributed by atoms with Gasteiger partial charge in [-0.25, -0.2) is 4.79 Å². The highest BCUT2D eigenvalue weighted by Gasteiger charge is 2.61. The number of hydrogen-bond donors (Lipinski definition) is 4. The normalized spacial score (nSPS) is 25.8. The lowest BCUT2D eigenvalue weighted by Crippen LogP contribution is -2.56. The molecule has 4 N–H and O–H groups in total. The van der Waals surface area contributed by atoms with Crippen molar-refractivity contribution in [1.29, 1.82) is 0 Å². The molecule has 0 aliphatic carbocycles. The van der Waals surface area contributed by atoms with Crippen LogP contribution in [0.25, 0.3) is 0 Å². The van der Waals surface area contributed by atoms with E-state index in [-0.39, 0.29) is 6.54 Å². The summed E-state index contributed by atoms with van der Waals surface area (Å²) in [5.74, 6) is -3.02. The van der Waals surface area contributed by atoms with Crippen LogP contribution in [0.5, 0.6) is 0 Å². The number of carboxylic acids is 1. The molecule has 0 aromatic carbocycles. The largest absolute Gasteiger partial charge is 0.480 e. The number of aliphatic hydroxyl groups excluding tert-OH is 1. The van der Waals surface area contributed by atoms with E-state index in [1.807, 2.05) is 0 Å². The summed E-state index contributed by atoms with van der Waals surface area (Å²) in [5.41, 5.74) is -2.63. The Morgan fingerprint density at radius 1 is 1.44 bits per heavy atom. The van der Waals surface area contributed by atoms with E-state index in [1.165, 1.54) is 0 Å². The van der Waals surface area contributed by atoms with E-state index in [4.69, 9.17) is 10.2 Å². The van der Waals surface area contributed by atoms with Crippen molar-refractivity contribution in [3.8, 4) is 0 Å². The Hall–Kier alpha value is -1.35. The number of carbonyl (C=O) groups is 2. The quantitative estimate of drug-likeness (QED) is 0.530. The van der Waals surface area contributed by atoms with Gasteiger partial charge in [0.05, 0.1) is 6.61 Å². The van der Waals surface area contributed by atoms with Gasteiger partial charge in [0.25, 0.3) is 0 Å². The monoisotopic (exact) mass is 270 g/mol. The van der Waals surface area contributed by atoms with Gasteiger partial charge in [-0.3, -0.25) is 4.79 Å². The number of rotatable bonds is 4. The Bertz CT molecular complexity index is 339. The fraction of sp³-hybridized carbons (Fsp3) is 0.778. The predicted molar refractivity (Wildman–Crippen MR) is 52.6 cm³/mol. The van der Waals surface area contributed by atoms with Gasteiger partial charge in [-0.1, -0.05) is 0 Å². The standard InChI is InChI=1S/C9H13F3N2O4/c10-9(11,12)8(1-2-13-4-8)7(18)14-5(3-15)6(16)17/h5,13,15H,1-4H2,(H,14,18)(H,16,17)/t5-,8?/m0/s1. The van der Waals surface area contributed by atoms with Crippen LogP contribution in [0.4, 0.5) is 13.2 Å². The zero-order valence-electron chi connectivity index (χ0n) is 9.25. The summed E-state index contributed by atoms with van der Waals surface area (Å²) >= 11 is 0. The third-order valence-electron chi connectivity index (χ3n) is 2.92. The van der Waals surface area contributed by atoms with Gasteiger partial charge in [0.15, 0.2) is 5.41 Å². The molecule has 6 nitrogen and oxygen atoms in total. The van der Waals surface area contributed by atoms with E-state index in [0.717, 1.165) is 0 Å². The Morgan fingerprint density at radius 2 is 2.06 bits per heavy atom. The van der Waals surface area contributed by atoms with Crippen molar-refractivity contribution in [3.05, 3.63) is 0 Å². The summed E-state index contributed by atoms with van der Waals surface area (Å²) in [4.78, 5) is 22.2. The van der Waals surface area contributed by atoms with Gasteiger partial charge in [-0.15, -0.1) is 0 Å². The maximum Gasteiger partial charge on any atom is 0.404 e. The van der Waals surface area contributed by atoms with Crippen LogP contribution < -0.4 is 10.6 Å². The number of alkyl halides is 3. The number of hydrogen-bond acceptors (Lipinski definition) is 4. The fourth-order valence-corrected chi connectivity index (χ4v) is 1.74. The molecule has 0 saturated carbocycles. The first-order chi connectivity index (χ1) is 8.24. The maximum atomic E-state index is 12.9. The molecule has 0 bridgehead atoms. The Kier molecular flexibility index (Phi) is 4.17. The second-order valence-corrected chi connectivity index (χ2v) is 4.05. The average molecular weight is 270 g/mol. The molecular weight excluding hydrogens is 257 g/mol. The second-order valence-electron chi connectivity index (χ2n) is 4.05. The van der Waals surface area contributed by atoms with Gasteiger partial charge in [-0.05, 0) is 13.0 Å². The van der Waals surface area contributed by atoms with Gasteiger partial charge in [0.1, 0.15) is 6.04 Å². The first-order valence-electron chi connectivity index (χ1n) is 5.16. The Labute approximate surface area is 100 Å². The van der Waals surface area contributed by atoms with E-state index in [9.17, 15) is 22.8 Å². The molecule has 9 heteroatoms. The van der Waals surface area contributed by atoms with E-state index in [2.05, 4.69) is 5.32 Å². The summed E-state index contributed by atoms with van der Waals surface area (Å²) in [6, 6.07) is -1.74. The lowest BCUT2D eigenvalue weighted by atomic mass is 9.85. The number of halogens is 3. The summed E-state index contributed by atoms with van der Waals surface area (Å²) in [7, 11) is 0. The van der Waals surface area contributed by atoms with E-state index < -0.39 is 49.1 Å². The zero-order chi connectivity index (χ0) is 14.0. The minimum Gasteiger partial charge on any atom is -0.480 e. The van der Waals surface area contributed by atoms with E-state index in [1.54, 1.807) is 5.32 Å². The molecule has 1 amide bonds. The summed E-state index contributed by atoms with van der Waals surface area (Å²) < 4.78 is 38.7. The zero-order valence-corrected chi connectivity index (χ0v) is 9.25. The maximum absolute atomic E-state index is 12.9. The smallest absolute Gasteiger partial charge is 0.404 e. The third-order valence-corrected chi connectivity index (χ3v) is 2.92. The van der Waals surface area contributed by atoms with Crippen molar-refractivity contribution in [2.75, 3.05) is 19.7 Å². The highest BCUT2D eigenvalue weighted by molar-refractivity contribution is 5.88. The summed E-state index contributed by atoms with van der Waals surface area (Å²) in [6.07, 6.45) is -5.24. The van der Waals surface area contributed by atoms with Gasteiger partial charge >= 0.3 is 12.1 Å². The molecule has 0 aromatic rings. The van der Waals surface area contributed by atoms with Crippen LogP contribution in [0, 0.1) is 5.41 Å². The van der Waals surface area contributed by atoms with Crippen LogP contribution in [-0.2, 0) is 9.59 Å². The molecule has 1 aliphatic heterocycles. The van der Waals surface area contributed by atoms with Gasteiger partial charge in [-0.2, -0.15) is 13.2 Å². The summed E-state index contributed by atoms with van der Waals surface area (Å²) in [6.45, 7) is -1.55. The lowest BCUT2D eigenvalue weighted by molar-refractivity contribution is -0.216. The predicted octanol–water partition coefficient (Wildman–Crippen LogP) is -0.910. The molecule has 1 saturated heterocycles. The highest BCUT2D eigenvalue weighted by atomic mass is 19.4. The summed E-state index contributed by atoms with van der Waals surface area (Å²) in [5, 5.41) is 21.4. The van der Waals surface area contributed by atoms with Crippen molar-refractivity contribution >= 4 is 11.9 Å². The number of carboxylic acid groups (broad SMARTS) is 1. The molecule has 0 radical (unpaired) electrons. The molecule has 1 unspecified atom stereocenters. The molecule has 1 aliphatic rings. The third kappa shape index (κ3) is 2.56. The number of aliphatic carboxylic acids is 1. The fourth-order valence-electron chi connectivity index (χ4n) is 1.74. The molecule has 2 atom stereocenters. The van der Waals surface area contributed by atoms with Crippen LogP contribution in [0.3, 0.4) is 0 Å². The molecular formula is C9H13F3N2O4. The molecule has 18 heavy (non-hydrogen) atoms. The molecule has 104 valence electrons. The van der Waals surface area contributed by atoms with Crippen LogP contribution >= 0.6 is 0 Å². The van der Waals surface area contributed by atoms with Gasteiger partial charge < -0.3 is 20.8 Å². The van der Waals surface area contributed by atoms with E-state index in [0.29, 0.717) is 0 Å². The first-order valence-corrected chi connectivity index (χ1v) is 5.16. The molecule has 1 rings (SSSR count). The minimum atomic E-state index is -4.78. The van der Waals surface area contributed by atoms with Crippen molar-refractivity contribution < 1.29 is 33.0 Å². The SMILES string of the molecule is O=C(O)[C@H](CO)NC(=O)C1(C(F)(F)F)CCNC1. The van der Waals surface area contributed by atoms with E-state index >= 15 is 0 Å². The Morgan fingerprint density at radius 3 is 2.39 bits per heavy atom. The average Bonchev–Trinajstić information content (AvgIpc) is 2.74. The van der Waals surface area contributed by atoms with Crippen LogP contribution in [0.1, 0.15) is 6.42 Å². The number of carbonyl (C=O) groups excluding carboxylic acids is 1. The van der Waals surface area contributed by atoms with Crippen molar-refractivity contribution in [3.63, 3.8) is 0 Å². The topological polar surface area (TPSA) is 98.7 Å². The highest BCUT2D eigenvalue weighted by Crippen LogP contribution is 2.43. The van der Waals surface area contributed by atoms with Crippen LogP contribution in [0.2, 0.25) is 0 Å². The molecule has 0 spiro atoms.